The topological polar surface area (TPSA) is 30.5 Å². The van der Waals surface area contributed by atoms with Crippen LogP contribution >= 0.6 is 0 Å². The molecule has 16 heavy (non-hydrogen) atoms. The first-order valence-corrected chi connectivity index (χ1v) is 5.36. The van der Waals surface area contributed by atoms with Gasteiger partial charge in [0.15, 0.2) is 0 Å². The SMILES string of the molecule is CCNC(CCCOC)COCC(F)(F)F. The predicted molar refractivity (Wildman–Crippen MR) is 55.4 cm³/mol. The van der Waals surface area contributed by atoms with E-state index in [-0.39, 0.29) is 12.6 Å². The van der Waals surface area contributed by atoms with E-state index in [1.165, 1.54) is 0 Å². The van der Waals surface area contributed by atoms with Gasteiger partial charge in [0.1, 0.15) is 6.61 Å². The number of halogens is 3. The number of alkyl halides is 3. The van der Waals surface area contributed by atoms with Crippen molar-refractivity contribution in [2.45, 2.75) is 32.0 Å². The minimum Gasteiger partial charge on any atom is -0.385 e. The first kappa shape index (κ1) is 15.7. The fraction of sp³-hybridized carbons (Fsp3) is 1.00. The van der Waals surface area contributed by atoms with E-state index in [1.807, 2.05) is 6.92 Å². The molecule has 0 fully saturated rings. The summed E-state index contributed by atoms with van der Waals surface area (Å²) in [6, 6.07) is -0.0394. The van der Waals surface area contributed by atoms with Gasteiger partial charge in [-0.15, -0.1) is 0 Å². The highest BCUT2D eigenvalue weighted by atomic mass is 19.4. The van der Waals surface area contributed by atoms with Crippen molar-refractivity contribution < 1.29 is 22.6 Å². The summed E-state index contributed by atoms with van der Waals surface area (Å²) in [5.41, 5.74) is 0. The molecule has 0 aromatic heterocycles. The molecule has 0 aliphatic heterocycles. The molecule has 0 radical (unpaired) electrons. The Hall–Kier alpha value is -0.330. The highest BCUT2D eigenvalue weighted by Crippen LogP contribution is 2.14. The third-order valence-corrected chi connectivity index (χ3v) is 1.98. The van der Waals surface area contributed by atoms with Crippen LogP contribution in [0.5, 0.6) is 0 Å². The molecule has 6 heteroatoms. The minimum absolute atomic E-state index is 0.0394. The Bertz CT molecular complexity index is 165. The largest absolute Gasteiger partial charge is 0.411 e. The van der Waals surface area contributed by atoms with E-state index >= 15 is 0 Å². The zero-order valence-corrected chi connectivity index (χ0v) is 9.77. The third kappa shape index (κ3) is 10.2. The Balaban J connectivity index is 3.67. The van der Waals surface area contributed by atoms with Crippen molar-refractivity contribution in [3.05, 3.63) is 0 Å². The van der Waals surface area contributed by atoms with Gasteiger partial charge in [-0.1, -0.05) is 6.92 Å². The fourth-order valence-electron chi connectivity index (χ4n) is 1.32. The Kier molecular flexibility index (Phi) is 8.60. The van der Waals surface area contributed by atoms with Crippen LogP contribution in [0.3, 0.4) is 0 Å². The number of hydrogen-bond donors (Lipinski definition) is 1. The molecule has 0 amide bonds. The molecular weight excluding hydrogens is 223 g/mol. The monoisotopic (exact) mass is 243 g/mol. The molecule has 0 aliphatic rings. The fourth-order valence-corrected chi connectivity index (χ4v) is 1.32. The van der Waals surface area contributed by atoms with Gasteiger partial charge in [0, 0.05) is 19.8 Å². The molecule has 0 aromatic carbocycles. The van der Waals surface area contributed by atoms with Gasteiger partial charge in [-0.25, -0.2) is 0 Å². The summed E-state index contributed by atoms with van der Waals surface area (Å²) in [6.45, 7) is 2.14. The van der Waals surface area contributed by atoms with Gasteiger partial charge < -0.3 is 14.8 Å². The summed E-state index contributed by atoms with van der Waals surface area (Å²) >= 11 is 0. The summed E-state index contributed by atoms with van der Waals surface area (Å²) in [7, 11) is 1.60. The number of likely N-dealkylation sites (N-methyl/N-ethyl adjacent to an activating group) is 1. The van der Waals surface area contributed by atoms with E-state index in [1.54, 1.807) is 7.11 Å². The van der Waals surface area contributed by atoms with Crippen LogP contribution in [0.2, 0.25) is 0 Å². The third-order valence-electron chi connectivity index (χ3n) is 1.98. The van der Waals surface area contributed by atoms with Gasteiger partial charge >= 0.3 is 6.18 Å². The zero-order valence-electron chi connectivity index (χ0n) is 9.77. The van der Waals surface area contributed by atoms with Crippen LogP contribution in [0.15, 0.2) is 0 Å². The summed E-state index contributed by atoms with van der Waals surface area (Å²) in [5.74, 6) is 0. The van der Waals surface area contributed by atoms with Crippen molar-refractivity contribution in [3.8, 4) is 0 Å². The maximum absolute atomic E-state index is 11.8. The molecule has 0 aliphatic carbocycles. The summed E-state index contributed by atoms with van der Waals surface area (Å²) in [5, 5.41) is 3.08. The van der Waals surface area contributed by atoms with Crippen molar-refractivity contribution in [2.75, 3.05) is 33.5 Å². The smallest absolute Gasteiger partial charge is 0.385 e. The van der Waals surface area contributed by atoms with Crippen molar-refractivity contribution in [1.29, 1.82) is 0 Å². The van der Waals surface area contributed by atoms with Gasteiger partial charge in [0.2, 0.25) is 0 Å². The van der Waals surface area contributed by atoms with Crippen molar-refractivity contribution in [3.63, 3.8) is 0 Å². The molecule has 0 bridgehead atoms. The number of methoxy groups -OCH3 is 1. The summed E-state index contributed by atoms with van der Waals surface area (Å²) in [4.78, 5) is 0. The molecule has 98 valence electrons. The molecule has 3 nitrogen and oxygen atoms in total. The number of hydrogen-bond acceptors (Lipinski definition) is 3. The highest BCUT2D eigenvalue weighted by molar-refractivity contribution is 4.65. The summed E-state index contributed by atoms with van der Waals surface area (Å²) < 4.78 is 45.0. The quantitative estimate of drug-likeness (QED) is 0.628. The minimum atomic E-state index is -4.25. The van der Waals surface area contributed by atoms with Crippen LogP contribution in [0.25, 0.3) is 0 Å². The van der Waals surface area contributed by atoms with Gasteiger partial charge in [-0.05, 0) is 19.4 Å². The second kappa shape index (κ2) is 8.78. The second-order valence-corrected chi connectivity index (χ2v) is 3.52. The van der Waals surface area contributed by atoms with Crippen LogP contribution in [0, 0.1) is 0 Å². The lowest BCUT2D eigenvalue weighted by Crippen LogP contribution is -2.35. The zero-order chi connectivity index (χ0) is 12.4. The number of ether oxygens (including phenoxy) is 2. The average molecular weight is 243 g/mol. The molecule has 0 rings (SSSR count). The lowest BCUT2D eigenvalue weighted by Gasteiger charge is -2.18. The highest BCUT2D eigenvalue weighted by Gasteiger charge is 2.27. The van der Waals surface area contributed by atoms with Gasteiger partial charge in [0.05, 0.1) is 6.61 Å². The van der Waals surface area contributed by atoms with Crippen LogP contribution < -0.4 is 5.32 Å². The van der Waals surface area contributed by atoms with Crippen molar-refractivity contribution in [1.82, 2.24) is 5.32 Å². The van der Waals surface area contributed by atoms with E-state index < -0.39 is 12.8 Å². The first-order valence-electron chi connectivity index (χ1n) is 5.36. The molecule has 0 saturated heterocycles. The van der Waals surface area contributed by atoms with E-state index in [9.17, 15) is 13.2 Å². The molecule has 1 atom stereocenters. The first-order chi connectivity index (χ1) is 7.49. The van der Waals surface area contributed by atoms with Crippen molar-refractivity contribution in [2.24, 2.45) is 0 Å². The average Bonchev–Trinajstić information content (AvgIpc) is 2.16. The van der Waals surface area contributed by atoms with Gasteiger partial charge in [-0.2, -0.15) is 13.2 Å². The van der Waals surface area contributed by atoms with Gasteiger partial charge in [-0.3, -0.25) is 0 Å². The Morgan fingerprint density at radius 1 is 1.31 bits per heavy atom. The standard InChI is InChI=1S/C10H20F3NO2/c1-3-14-9(5-4-6-15-2)7-16-8-10(11,12)13/h9,14H,3-8H2,1-2H3. The lowest BCUT2D eigenvalue weighted by atomic mass is 10.2. The normalized spacial score (nSPS) is 14.1. The van der Waals surface area contributed by atoms with E-state index in [0.29, 0.717) is 13.2 Å². The van der Waals surface area contributed by atoms with Crippen LogP contribution in [-0.4, -0.2) is 45.7 Å². The maximum atomic E-state index is 11.8. The van der Waals surface area contributed by atoms with Crippen molar-refractivity contribution >= 4 is 0 Å². The molecule has 0 saturated carbocycles. The van der Waals surface area contributed by atoms with Crippen LogP contribution in [0.1, 0.15) is 19.8 Å². The Morgan fingerprint density at radius 2 is 2.00 bits per heavy atom. The van der Waals surface area contributed by atoms with E-state index in [4.69, 9.17) is 4.74 Å². The molecule has 1 N–H and O–H groups in total. The molecule has 0 spiro atoms. The second-order valence-electron chi connectivity index (χ2n) is 3.52. The van der Waals surface area contributed by atoms with Crippen LogP contribution in [-0.2, 0) is 9.47 Å². The number of rotatable bonds is 9. The summed E-state index contributed by atoms with van der Waals surface area (Å²) in [6.07, 6.45) is -2.69. The van der Waals surface area contributed by atoms with Gasteiger partial charge in [0.25, 0.3) is 0 Å². The molecule has 0 aromatic rings. The number of nitrogens with one attached hydrogen (secondary N) is 1. The van der Waals surface area contributed by atoms with E-state index in [0.717, 1.165) is 12.8 Å². The molecule has 1 unspecified atom stereocenters. The van der Waals surface area contributed by atoms with Crippen LogP contribution in [0.4, 0.5) is 13.2 Å². The molecular formula is C10H20F3NO2. The maximum Gasteiger partial charge on any atom is 0.411 e. The Morgan fingerprint density at radius 3 is 2.50 bits per heavy atom. The lowest BCUT2D eigenvalue weighted by molar-refractivity contribution is -0.175. The Labute approximate surface area is 94.3 Å². The predicted octanol–water partition coefficient (Wildman–Crippen LogP) is 1.97. The molecule has 0 heterocycles. The van der Waals surface area contributed by atoms with E-state index in [2.05, 4.69) is 10.1 Å².